The molecular weight excluding hydrogens is 306 g/mol. The summed E-state index contributed by atoms with van der Waals surface area (Å²) in [5.41, 5.74) is 3.10. The molecule has 3 aromatic rings. The van der Waals surface area contributed by atoms with Crippen LogP contribution in [0.25, 0.3) is 0 Å². The SMILES string of the molecule is Fc1ccc(N=Cc2ccccc2C=Nc2ccc(F)cc2)cc1. The highest BCUT2D eigenvalue weighted by Crippen LogP contribution is 2.15. The van der Waals surface area contributed by atoms with Crippen LogP contribution in [0.2, 0.25) is 0 Å². The molecule has 3 aromatic carbocycles. The van der Waals surface area contributed by atoms with Gasteiger partial charge in [0, 0.05) is 23.6 Å². The molecule has 0 aliphatic heterocycles. The van der Waals surface area contributed by atoms with Crippen molar-refractivity contribution >= 4 is 23.8 Å². The van der Waals surface area contributed by atoms with Crippen molar-refractivity contribution in [2.24, 2.45) is 9.98 Å². The van der Waals surface area contributed by atoms with Gasteiger partial charge < -0.3 is 0 Å². The van der Waals surface area contributed by atoms with Crippen molar-refractivity contribution in [3.63, 3.8) is 0 Å². The van der Waals surface area contributed by atoms with Crippen LogP contribution in [-0.2, 0) is 0 Å². The first kappa shape index (κ1) is 15.7. The fraction of sp³-hybridized carbons (Fsp3) is 0. The van der Waals surface area contributed by atoms with E-state index in [0.717, 1.165) is 11.1 Å². The zero-order valence-corrected chi connectivity index (χ0v) is 12.7. The first-order valence-corrected chi connectivity index (χ1v) is 7.39. The number of nitrogens with zero attached hydrogens (tertiary/aromatic N) is 2. The first-order valence-electron chi connectivity index (χ1n) is 7.39. The van der Waals surface area contributed by atoms with Gasteiger partial charge in [-0.05, 0) is 48.5 Å². The summed E-state index contributed by atoms with van der Waals surface area (Å²) >= 11 is 0. The van der Waals surface area contributed by atoms with Crippen LogP contribution in [0, 0.1) is 11.6 Å². The highest BCUT2D eigenvalue weighted by molar-refractivity contribution is 5.95. The van der Waals surface area contributed by atoms with Crippen molar-refractivity contribution in [3.8, 4) is 0 Å². The summed E-state index contributed by atoms with van der Waals surface area (Å²) in [4.78, 5) is 8.68. The second-order valence-corrected chi connectivity index (χ2v) is 5.10. The maximum absolute atomic E-state index is 12.9. The van der Waals surface area contributed by atoms with E-state index in [0.29, 0.717) is 11.4 Å². The van der Waals surface area contributed by atoms with Crippen molar-refractivity contribution in [2.75, 3.05) is 0 Å². The van der Waals surface area contributed by atoms with Gasteiger partial charge in [0.05, 0.1) is 11.4 Å². The lowest BCUT2D eigenvalue weighted by Crippen LogP contribution is -1.90. The Morgan fingerprint density at radius 3 is 1.29 bits per heavy atom. The van der Waals surface area contributed by atoms with Crippen LogP contribution in [-0.4, -0.2) is 12.4 Å². The molecule has 24 heavy (non-hydrogen) atoms. The summed E-state index contributed by atoms with van der Waals surface area (Å²) in [7, 11) is 0. The normalized spacial score (nSPS) is 11.4. The molecule has 0 aliphatic rings. The second kappa shape index (κ2) is 7.42. The molecule has 0 atom stereocenters. The minimum atomic E-state index is -0.291. The van der Waals surface area contributed by atoms with Gasteiger partial charge in [0.2, 0.25) is 0 Å². The average molecular weight is 320 g/mol. The molecule has 118 valence electrons. The fourth-order valence-corrected chi connectivity index (χ4v) is 2.09. The summed E-state index contributed by atoms with van der Waals surface area (Å²) in [5, 5.41) is 0. The molecule has 0 spiro atoms. The zero-order valence-electron chi connectivity index (χ0n) is 12.7. The summed E-state index contributed by atoms with van der Waals surface area (Å²) < 4.78 is 25.8. The average Bonchev–Trinajstić information content (AvgIpc) is 2.61. The van der Waals surface area contributed by atoms with E-state index < -0.39 is 0 Å². The van der Waals surface area contributed by atoms with Gasteiger partial charge >= 0.3 is 0 Å². The molecule has 4 heteroatoms. The molecular formula is C20H14F2N2. The van der Waals surface area contributed by atoms with Gasteiger partial charge in [-0.2, -0.15) is 0 Å². The lowest BCUT2D eigenvalue weighted by atomic mass is 10.1. The molecule has 0 saturated carbocycles. The topological polar surface area (TPSA) is 24.7 Å². The minimum absolute atomic E-state index is 0.291. The van der Waals surface area contributed by atoms with E-state index in [1.165, 1.54) is 24.3 Å². The van der Waals surface area contributed by atoms with E-state index in [1.807, 2.05) is 24.3 Å². The van der Waals surface area contributed by atoms with E-state index in [-0.39, 0.29) is 11.6 Å². The Balaban J connectivity index is 1.82. The number of hydrogen-bond donors (Lipinski definition) is 0. The van der Waals surface area contributed by atoms with Crippen molar-refractivity contribution in [2.45, 2.75) is 0 Å². The summed E-state index contributed by atoms with van der Waals surface area (Å²) in [6, 6.07) is 19.6. The summed E-state index contributed by atoms with van der Waals surface area (Å²) in [6.45, 7) is 0. The number of benzene rings is 3. The molecule has 0 fully saturated rings. The molecule has 3 rings (SSSR count). The molecule has 2 nitrogen and oxygen atoms in total. The number of rotatable bonds is 4. The molecule has 0 heterocycles. The van der Waals surface area contributed by atoms with Crippen LogP contribution >= 0.6 is 0 Å². The van der Waals surface area contributed by atoms with Gasteiger partial charge in [-0.25, -0.2) is 8.78 Å². The van der Waals surface area contributed by atoms with Gasteiger partial charge in [0.15, 0.2) is 0 Å². The quantitative estimate of drug-likeness (QED) is 0.570. The lowest BCUT2D eigenvalue weighted by molar-refractivity contribution is 0.627. The van der Waals surface area contributed by atoms with Gasteiger partial charge in [-0.3, -0.25) is 9.98 Å². The Morgan fingerprint density at radius 2 is 0.917 bits per heavy atom. The monoisotopic (exact) mass is 320 g/mol. The maximum Gasteiger partial charge on any atom is 0.123 e. The van der Waals surface area contributed by atoms with Crippen LogP contribution in [0.15, 0.2) is 82.8 Å². The second-order valence-electron chi connectivity index (χ2n) is 5.10. The minimum Gasteiger partial charge on any atom is -0.256 e. The third-order valence-electron chi connectivity index (χ3n) is 3.35. The van der Waals surface area contributed by atoms with Crippen LogP contribution < -0.4 is 0 Å². The fourth-order valence-electron chi connectivity index (χ4n) is 2.09. The molecule has 0 amide bonds. The van der Waals surface area contributed by atoms with Crippen LogP contribution in [0.3, 0.4) is 0 Å². The van der Waals surface area contributed by atoms with Crippen molar-refractivity contribution < 1.29 is 8.78 Å². The molecule has 0 bridgehead atoms. The third kappa shape index (κ3) is 4.20. The van der Waals surface area contributed by atoms with Crippen LogP contribution in [0.4, 0.5) is 20.2 Å². The van der Waals surface area contributed by atoms with E-state index >= 15 is 0 Å². The van der Waals surface area contributed by atoms with Gasteiger partial charge in [0.25, 0.3) is 0 Å². The molecule has 0 N–H and O–H groups in total. The smallest absolute Gasteiger partial charge is 0.123 e. The van der Waals surface area contributed by atoms with E-state index in [9.17, 15) is 8.78 Å². The van der Waals surface area contributed by atoms with E-state index in [4.69, 9.17) is 0 Å². The Bertz CT molecular complexity index is 792. The van der Waals surface area contributed by atoms with Gasteiger partial charge in [-0.1, -0.05) is 24.3 Å². The van der Waals surface area contributed by atoms with Crippen molar-refractivity contribution in [1.29, 1.82) is 0 Å². The lowest BCUT2D eigenvalue weighted by Gasteiger charge is -2.00. The van der Waals surface area contributed by atoms with E-state index in [1.54, 1.807) is 36.7 Å². The number of hydrogen-bond acceptors (Lipinski definition) is 2. The van der Waals surface area contributed by atoms with Gasteiger partial charge in [0.1, 0.15) is 11.6 Å². The highest BCUT2D eigenvalue weighted by Gasteiger charge is 1.97. The first-order chi connectivity index (χ1) is 11.7. The maximum atomic E-state index is 12.9. The molecule has 0 radical (unpaired) electrons. The summed E-state index contributed by atoms with van der Waals surface area (Å²) in [6.07, 6.45) is 3.42. The standard InChI is InChI=1S/C20H14F2N2/c21-17-5-9-19(10-6-17)23-13-15-3-1-2-4-16(15)14-24-20-11-7-18(22)8-12-20/h1-14H. The zero-order chi connectivity index (χ0) is 16.8. The summed E-state index contributed by atoms with van der Waals surface area (Å²) in [5.74, 6) is -0.582. The third-order valence-corrected chi connectivity index (χ3v) is 3.35. The molecule has 0 saturated heterocycles. The van der Waals surface area contributed by atoms with Crippen LogP contribution in [0.5, 0.6) is 0 Å². The Morgan fingerprint density at radius 1 is 0.542 bits per heavy atom. The number of halogens is 2. The van der Waals surface area contributed by atoms with Crippen LogP contribution in [0.1, 0.15) is 11.1 Å². The molecule has 0 aliphatic carbocycles. The Hall–Kier alpha value is -3.14. The Kier molecular flexibility index (Phi) is 4.87. The van der Waals surface area contributed by atoms with Crippen molar-refractivity contribution in [3.05, 3.63) is 95.6 Å². The predicted octanol–water partition coefficient (Wildman–Crippen LogP) is 5.47. The number of aliphatic imine (C=N–C) groups is 2. The van der Waals surface area contributed by atoms with Gasteiger partial charge in [-0.15, -0.1) is 0 Å². The molecule has 0 aromatic heterocycles. The Labute approximate surface area is 138 Å². The molecule has 0 unspecified atom stereocenters. The predicted molar refractivity (Wildman–Crippen MR) is 93.8 cm³/mol. The van der Waals surface area contributed by atoms with E-state index in [2.05, 4.69) is 9.98 Å². The highest BCUT2D eigenvalue weighted by atomic mass is 19.1. The van der Waals surface area contributed by atoms with Crippen molar-refractivity contribution in [1.82, 2.24) is 0 Å². The largest absolute Gasteiger partial charge is 0.256 e.